The Morgan fingerprint density at radius 3 is 2.67 bits per heavy atom. The fraction of sp³-hybridized carbons (Fsp3) is 0.304. The summed E-state index contributed by atoms with van der Waals surface area (Å²) in [5, 5.41) is 0.837. The molecule has 6 nitrogen and oxygen atoms in total. The third-order valence-corrected chi connectivity index (χ3v) is 5.96. The van der Waals surface area contributed by atoms with Crippen LogP contribution in [-0.4, -0.2) is 46.4 Å². The number of thioether (sulfide) groups is 1. The Labute approximate surface area is 180 Å². The molecule has 0 atom stereocenters. The van der Waals surface area contributed by atoms with Crippen molar-refractivity contribution in [1.29, 1.82) is 0 Å². The first kappa shape index (κ1) is 20.3. The van der Waals surface area contributed by atoms with E-state index >= 15 is 0 Å². The third-order valence-electron chi connectivity index (χ3n) is 4.99. The Hall–Kier alpha value is -2.93. The summed E-state index contributed by atoms with van der Waals surface area (Å²) in [6, 6.07) is 16.0. The van der Waals surface area contributed by atoms with E-state index in [0.717, 1.165) is 40.0 Å². The first-order chi connectivity index (χ1) is 14.7. The maximum Gasteiger partial charge on any atom is 0.233 e. The molecule has 0 saturated heterocycles. The second-order valence-corrected chi connectivity index (χ2v) is 8.00. The van der Waals surface area contributed by atoms with Crippen LogP contribution in [0.15, 0.2) is 59.9 Å². The Bertz CT molecular complexity index is 1020. The van der Waals surface area contributed by atoms with Gasteiger partial charge in [0.1, 0.15) is 13.2 Å². The van der Waals surface area contributed by atoms with Crippen LogP contribution in [0.3, 0.4) is 0 Å². The lowest BCUT2D eigenvalue weighted by molar-refractivity contribution is -0.127. The Kier molecular flexibility index (Phi) is 6.28. The van der Waals surface area contributed by atoms with Gasteiger partial charge >= 0.3 is 0 Å². The number of hydrogen-bond donors (Lipinski definition) is 0. The normalized spacial score (nSPS) is 12.6. The van der Waals surface area contributed by atoms with Crippen LogP contribution in [0, 0.1) is 0 Å². The number of carbonyl (C=O) groups is 1. The summed E-state index contributed by atoms with van der Waals surface area (Å²) in [5.74, 6) is 1.96. The number of aromatic nitrogens is 2. The lowest BCUT2D eigenvalue weighted by Gasteiger charge is -2.19. The van der Waals surface area contributed by atoms with E-state index in [1.165, 1.54) is 11.8 Å². The number of nitrogens with zero attached hydrogens (tertiary/aromatic N) is 3. The van der Waals surface area contributed by atoms with E-state index in [1.54, 1.807) is 4.90 Å². The van der Waals surface area contributed by atoms with Crippen LogP contribution in [0.4, 0.5) is 0 Å². The van der Waals surface area contributed by atoms with Crippen molar-refractivity contribution in [3.63, 3.8) is 0 Å². The van der Waals surface area contributed by atoms with Crippen LogP contribution >= 0.6 is 11.8 Å². The fourth-order valence-corrected chi connectivity index (χ4v) is 4.38. The molecule has 0 bridgehead atoms. The topological polar surface area (TPSA) is 56.6 Å². The molecule has 1 aromatic heterocycles. The molecule has 1 aliphatic rings. The molecule has 0 unspecified atom stereocenters. The zero-order valence-electron chi connectivity index (χ0n) is 17.2. The Morgan fingerprint density at radius 2 is 1.90 bits per heavy atom. The van der Waals surface area contributed by atoms with Crippen LogP contribution in [0.25, 0.3) is 11.3 Å². The molecule has 0 saturated carbocycles. The molecule has 0 radical (unpaired) electrons. The van der Waals surface area contributed by atoms with E-state index in [0.29, 0.717) is 25.5 Å². The minimum atomic E-state index is 0.0791. The Morgan fingerprint density at radius 1 is 1.13 bits per heavy atom. The van der Waals surface area contributed by atoms with Gasteiger partial charge in [-0.15, -0.1) is 0 Å². The first-order valence-electron chi connectivity index (χ1n) is 10.0. The summed E-state index contributed by atoms with van der Waals surface area (Å²) in [4.78, 5) is 18.9. The summed E-state index contributed by atoms with van der Waals surface area (Å²) < 4.78 is 13.4. The summed E-state index contributed by atoms with van der Waals surface area (Å²) in [6.07, 6.45) is 1.86. The van der Waals surface area contributed by atoms with Crippen molar-refractivity contribution in [3.05, 3.63) is 60.3 Å². The van der Waals surface area contributed by atoms with Gasteiger partial charge in [0.15, 0.2) is 16.7 Å². The zero-order chi connectivity index (χ0) is 20.9. The van der Waals surface area contributed by atoms with Crippen LogP contribution in [0.2, 0.25) is 0 Å². The van der Waals surface area contributed by atoms with Crippen molar-refractivity contribution < 1.29 is 14.3 Å². The van der Waals surface area contributed by atoms with Gasteiger partial charge in [0.05, 0.1) is 17.6 Å². The maximum absolute atomic E-state index is 12.6. The number of amides is 1. The van der Waals surface area contributed by atoms with Gasteiger partial charge in [-0.25, -0.2) is 4.98 Å². The molecule has 7 heteroatoms. The zero-order valence-corrected chi connectivity index (χ0v) is 18.0. The fourth-order valence-electron chi connectivity index (χ4n) is 3.39. The van der Waals surface area contributed by atoms with Gasteiger partial charge in [0, 0.05) is 25.7 Å². The van der Waals surface area contributed by atoms with Crippen LogP contribution in [0.5, 0.6) is 11.5 Å². The quantitative estimate of drug-likeness (QED) is 0.536. The van der Waals surface area contributed by atoms with E-state index < -0.39 is 0 Å². The largest absolute Gasteiger partial charge is 0.486 e. The number of hydrogen-bond acceptors (Lipinski definition) is 5. The number of fused-ring (bicyclic) bond motifs is 1. The number of carbonyl (C=O) groups excluding carboxylic acids is 1. The molecule has 3 aromatic rings. The second kappa shape index (κ2) is 9.26. The average molecular weight is 424 g/mol. The van der Waals surface area contributed by atoms with Gasteiger partial charge < -0.3 is 18.9 Å². The highest BCUT2D eigenvalue weighted by molar-refractivity contribution is 7.99. The SMILES string of the molecule is CCn1c(-c2ccc3c(c2)OCCO3)cnc1SCC(=O)N(C)Cc1ccccc1. The molecule has 2 aromatic carbocycles. The highest BCUT2D eigenvalue weighted by atomic mass is 32.2. The molecule has 0 N–H and O–H groups in total. The first-order valence-corrected chi connectivity index (χ1v) is 11.0. The van der Waals surface area contributed by atoms with Gasteiger partial charge in [-0.2, -0.15) is 0 Å². The third kappa shape index (κ3) is 4.46. The molecular weight excluding hydrogens is 398 g/mol. The van der Waals surface area contributed by atoms with E-state index in [1.807, 2.05) is 61.8 Å². The maximum atomic E-state index is 12.6. The molecule has 4 rings (SSSR count). The lowest BCUT2D eigenvalue weighted by atomic mass is 10.1. The summed E-state index contributed by atoms with van der Waals surface area (Å²) in [5.41, 5.74) is 3.14. The van der Waals surface area contributed by atoms with Crippen molar-refractivity contribution >= 4 is 17.7 Å². The van der Waals surface area contributed by atoms with E-state index in [2.05, 4.69) is 16.5 Å². The standard InChI is InChI=1S/C23H25N3O3S/c1-3-26-19(18-9-10-20-21(13-18)29-12-11-28-20)14-24-23(26)30-16-22(27)25(2)15-17-7-5-4-6-8-17/h4-10,13-14H,3,11-12,15-16H2,1-2H3. The summed E-state index contributed by atoms with van der Waals surface area (Å²) in [6.45, 7) is 4.58. The minimum Gasteiger partial charge on any atom is -0.486 e. The molecule has 2 heterocycles. The van der Waals surface area contributed by atoms with Gasteiger partial charge in [-0.05, 0) is 30.7 Å². The second-order valence-electron chi connectivity index (χ2n) is 7.05. The average Bonchev–Trinajstić information content (AvgIpc) is 3.20. The number of ether oxygens (including phenoxy) is 2. The molecule has 0 aliphatic carbocycles. The number of benzene rings is 2. The van der Waals surface area contributed by atoms with Crippen LogP contribution in [0.1, 0.15) is 12.5 Å². The monoisotopic (exact) mass is 423 g/mol. The molecule has 0 spiro atoms. The van der Waals surface area contributed by atoms with Crippen molar-refractivity contribution in [2.75, 3.05) is 26.0 Å². The van der Waals surface area contributed by atoms with Crippen molar-refractivity contribution in [2.45, 2.75) is 25.2 Å². The number of rotatable bonds is 7. The van der Waals surface area contributed by atoms with E-state index in [9.17, 15) is 4.79 Å². The smallest absolute Gasteiger partial charge is 0.233 e. The molecular formula is C23H25N3O3S. The van der Waals surface area contributed by atoms with Gasteiger partial charge in [-0.3, -0.25) is 4.79 Å². The Balaban J connectivity index is 1.44. The highest BCUT2D eigenvalue weighted by Crippen LogP contribution is 2.35. The van der Waals surface area contributed by atoms with Gasteiger partial charge in [-0.1, -0.05) is 42.1 Å². The van der Waals surface area contributed by atoms with Crippen molar-refractivity contribution in [1.82, 2.24) is 14.5 Å². The van der Waals surface area contributed by atoms with Crippen LogP contribution < -0.4 is 9.47 Å². The molecule has 0 fully saturated rings. The minimum absolute atomic E-state index is 0.0791. The molecule has 1 amide bonds. The predicted molar refractivity (Wildman–Crippen MR) is 118 cm³/mol. The molecule has 1 aliphatic heterocycles. The van der Waals surface area contributed by atoms with Gasteiger partial charge in [0.2, 0.25) is 5.91 Å². The van der Waals surface area contributed by atoms with Crippen LogP contribution in [-0.2, 0) is 17.9 Å². The van der Waals surface area contributed by atoms with Crippen molar-refractivity contribution in [2.24, 2.45) is 0 Å². The van der Waals surface area contributed by atoms with E-state index in [-0.39, 0.29) is 5.91 Å². The molecule has 30 heavy (non-hydrogen) atoms. The summed E-state index contributed by atoms with van der Waals surface area (Å²) in [7, 11) is 1.84. The summed E-state index contributed by atoms with van der Waals surface area (Å²) >= 11 is 1.47. The lowest BCUT2D eigenvalue weighted by Crippen LogP contribution is -2.27. The van der Waals surface area contributed by atoms with E-state index in [4.69, 9.17) is 9.47 Å². The van der Waals surface area contributed by atoms with Crippen molar-refractivity contribution in [3.8, 4) is 22.8 Å². The highest BCUT2D eigenvalue weighted by Gasteiger charge is 2.17. The van der Waals surface area contributed by atoms with Gasteiger partial charge in [0.25, 0.3) is 0 Å². The predicted octanol–water partition coefficient (Wildman–Crippen LogP) is 4.09. The molecule has 156 valence electrons. The number of imidazole rings is 1.